The van der Waals surface area contributed by atoms with Gasteiger partial charge in [0.25, 0.3) is 5.97 Å². The number of rotatable bonds is 4. The van der Waals surface area contributed by atoms with Gasteiger partial charge >= 0.3 is 0 Å². The molecule has 144 valence electrons. The predicted octanol–water partition coefficient (Wildman–Crippen LogP) is 0.918. The lowest BCUT2D eigenvalue weighted by molar-refractivity contribution is -0.134. The maximum Gasteiger partial charge on any atom is 0.300 e. The summed E-state index contributed by atoms with van der Waals surface area (Å²) in [5, 5.41) is 7.42. The third-order valence-corrected chi connectivity index (χ3v) is 4.07. The Hall–Kier alpha value is -3.00. The zero-order valence-electron chi connectivity index (χ0n) is 15.4. The van der Waals surface area contributed by atoms with E-state index in [0.29, 0.717) is 26.1 Å². The van der Waals surface area contributed by atoms with Gasteiger partial charge in [-0.1, -0.05) is 30.3 Å². The Labute approximate surface area is 158 Å². The van der Waals surface area contributed by atoms with Gasteiger partial charge in [-0.2, -0.15) is 0 Å². The number of hydrogen-bond donors (Lipinski definition) is 2. The smallest absolute Gasteiger partial charge is 0.300 e. The van der Waals surface area contributed by atoms with Crippen LogP contribution in [0.5, 0.6) is 0 Å². The van der Waals surface area contributed by atoms with Crippen LogP contribution in [0.3, 0.4) is 0 Å². The lowest BCUT2D eigenvalue weighted by Crippen LogP contribution is -2.49. The number of carbonyl (C=O) groups excluding carboxylic acids is 1. The van der Waals surface area contributed by atoms with Crippen molar-refractivity contribution < 1.29 is 14.7 Å². The van der Waals surface area contributed by atoms with Gasteiger partial charge in [0, 0.05) is 45.7 Å². The Kier molecular flexibility index (Phi) is 7.69. The van der Waals surface area contributed by atoms with E-state index in [1.165, 1.54) is 0 Å². The number of carboxylic acids is 1. The number of piperazine rings is 1. The molecule has 27 heavy (non-hydrogen) atoms. The SMILES string of the molecule is CC(=O)O.NCc1cc(N2CCN(C(=O)Cc3ccccc3)CC2)ncn1. The van der Waals surface area contributed by atoms with Gasteiger partial charge < -0.3 is 20.6 Å². The van der Waals surface area contributed by atoms with E-state index in [0.717, 1.165) is 37.1 Å². The molecule has 3 N–H and O–H groups in total. The van der Waals surface area contributed by atoms with E-state index in [2.05, 4.69) is 14.9 Å². The molecule has 0 unspecified atom stereocenters. The minimum atomic E-state index is -0.833. The van der Waals surface area contributed by atoms with E-state index in [1.54, 1.807) is 6.33 Å². The molecule has 1 saturated heterocycles. The number of benzene rings is 1. The molecule has 0 aliphatic carbocycles. The van der Waals surface area contributed by atoms with Crippen molar-refractivity contribution in [2.75, 3.05) is 31.1 Å². The van der Waals surface area contributed by atoms with Crippen molar-refractivity contribution in [1.82, 2.24) is 14.9 Å². The minimum absolute atomic E-state index is 0.182. The number of aromatic nitrogens is 2. The summed E-state index contributed by atoms with van der Waals surface area (Å²) in [5.74, 6) is 0.233. The first kappa shape index (κ1) is 20.3. The highest BCUT2D eigenvalue weighted by Gasteiger charge is 2.22. The van der Waals surface area contributed by atoms with Crippen LogP contribution in [0.1, 0.15) is 18.2 Å². The number of anilines is 1. The summed E-state index contributed by atoms with van der Waals surface area (Å²) in [7, 11) is 0. The van der Waals surface area contributed by atoms with E-state index >= 15 is 0 Å². The summed E-state index contributed by atoms with van der Waals surface area (Å²) in [4.78, 5) is 33.9. The van der Waals surface area contributed by atoms with Crippen molar-refractivity contribution in [3.63, 3.8) is 0 Å². The minimum Gasteiger partial charge on any atom is -0.481 e. The molecule has 1 aliphatic heterocycles. The van der Waals surface area contributed by atoms with Crippen molar-refractivity contribution >= 4 is 17.7 Å². The summed E-state index contributed by atoms with van der Waals surface area (Å²) in [6.07, 6.45) is 2.01. The van der Waals surface area contributed by atoms with Crippen LogP contribution >= 0.6 is 0 Å². The highest BCUT2D eigenvalue weighted by atomic mass is 16.4. The highest BCUT2D eigenvalue weighted by Crippen LogP contribution is 2.14. The third kappa shape index (κ3) is 6.67. The number of amides is 1. The molecule has 0 radical (unpaired) electrons. The number of aliphatic carboxylic acids is 1. The van der Waals surface area contributed by atoms with E-state index < -0.39 is 5.97 Å². The summed E-state index contributed by atoms with van der Waals surface area (Å²) in [6.45, 7) is 4.48. The standard InChI is InChI=1S/C17H21N5O.C2H4O2/c18-12-15-11-16(20-13-19-15)21-6-8-22(9-7-21)17(23)10-14-4-2-1-3-5-14;1-2(3)4/h1-5,11,13H,6-10,12,18H2;1H3,(H,3,4). The van der Waals surface area contributed by atoms with Crippen LogP contribution in [0.4, 0.5) is 5.82 Å². The number of nitrogens with zero attached hydrogens (tertiary/aromatic N) is 4. The lowest BCUT2D eigenvalue weighted by atomic mass is 10.1. The Morgan fingerprint density at radius 3 is 2.33 bits per heavy atom. The maximum atomic E-state index is 12.4. The molecule has 0 bridgehead atoms. The number of carboxylic acid groups (broad SMARTS) is 1. The van der Waals surface area contributed by atoms with Crippen LogP contribution in [0.25, 0.3) is 0 Å². The Morgan fingerprint density at radius 1 is 1.11 bits per heavy atom. The average molecular weight is 371 g/mol. The Morgan fingerprint density at radius 2 is 1.74 bits per heavy atom. The molecular formula is C19H25N5O3. The second kappa shape index (κ2) is 10.2. The zero-order chi connectivity index (χ0) is 19.6. The quantitative estimate of drug-likeness (QED) is 0.821. The fourth-order valence-corrected chi connectivity index (χ4v) is 2.74. The topological polar surface area (TPSA) is 113 Å². The van der Waals surface area contributed by atoms with E-state index in [9.17, 15) is 4.79 Å². The number of nitrogens with two attached hydrogens (primary N) is 1. The second-order valence-electron chi connectivity index (χ2n) is 6.12. The van der Waals surface area contributed by atoms with Crippen LogP contribution in [0, 0.1) is 0 Å². The molecule has 2 heterocycles. The molecule has 3 rings (SSSR count). The van der Waals surface area contributed by atoms with Crippen molar-refractivity contribution in [3.8, 4) is 0 Å². The molecule has 0 saturated carbocycles. The maximum absolute atomic E-state index is 12.4. The fourth-order valence-electron chi connectivity index (χ4n) is 2.74. The van der Waals surface area contributed by atoms with Gasteiger partial charge in [0.15, 0.2) is 0 Å². The van der Waals surface area contributed by atoms with Gasteiger partial charge in [-0.25, -0.2) is 9.97 Å². The summed E-state index contributed by atoms with van der Waals surface area (Å²) in [6, 6.07) is 11.8. The molecule has 0 spiro atoms. The van der Waals surface area contributed by atoms with Crippen LogP contribution < -0.4 is 10.6 Å². The average Bonchev–Trinajstić information content (AvgIpc) is 2.68. The van der Waals surface area contributed by atoms with E-state index in [-0.39, 0.29) is 5.91 Å². The zero-order valence-corrected chi connectivity index (χ0v) is 15.4. The second-order valence-corrected chi connectivity index (χ2v) is 6.12. The molecule has 1 fully saturated rings. The summed E-state index contributed by atoms with van der Waals surface area (Å²) in [5.41, 5.74) is 7.51. The van der Waals surface area contributed by atoms with Crippen LogP contribution in [-0.4, -0.2) is 58.0 Å². The van der Waals surface area contributed by atoms with Crippen molar-refractivity contribution in [3.05, 3.63) is 54.0 Å². The Balaban J connectivity index is 0.000000596. The molecule has 1 amide bonds. The van der Waals surface area contributed by atoms with Crippen LogP contribution in [-0.2, 0) is 22.6 Å². The summed E-state index contributed by atoms with van der Waals surface area (Å²) >= 11 is 0. The normalized spacial score (nSPS) is 13.6. The van der Waals surface area contributed by atoms with Gasteiger partial charge in [-0.15, -0.1) is 0 Å². The third-order valence-electron chi connectivity index (χ3n) is 4.07. The van der Waals surface area contributed by atoms with Crippen molar-refractivity contribution in [1.29, 1.82) is 0 Å². The monoisotopic (exact) mass is 371 g/mol. The van der Waals surface area contributed by atoms with Crippen molar-refractivity contribution in [2.24, 2.45) is 5.73 Å². The molecule has 8 nitrogen and oxygen atoms in total. The Bertz CT molecular complexity index is 742. The van der Waals surface area contributed by atoms with Gasteiger partial charge in [-0.05, 0) is 5.56 Å². The lowest BCUT2D eigenvalue weighted by Gasteiger charge is -2.35. The van der Waals surface area contributed by atoms with Crippen molar-refractivity contribution in [2.45, 2.75) is 19.9 Å². The van der Waals surface area contributed by atoms with Gasteiger partial charge in [0.1, 0.15) is 12.1 Å². The molecule has 8 heteroatoms. The van der Waals surface area contributed by atoms with Crippen LogP contribution in [0.15, 0.2) is 42.7 Å². The van der Waals surface area contributed by atoms with E-state index in [4.69, 9.17) is 15.6 Å². The predicted molar refractivity (Wildman–Crippen MR) is 102 cm³/mol. The first-order chi connectivity index (χ1) is 13.0. The highest BCUT2D eigenvalue weighted by molar-refractivity contribution is 5.79. The summed E-state index contributed by atoms with van der Waals surface area (Å²) < 4.78 is 0. The van der Waals surface area contributed by atoms with E-state index in [1.807, 2.05) is 41.3 Å². The first-order valence-electron chi connectivity index (χ1n) is 8.76. The molecule has 1 aromatic heterocycles. The molecule has 0 atom stereocenters. The number of carbonyl (C=O) groups is 2. The molecule has 2 aromatic rings. The first-order valence-corrected chi connectivity index (χ1v) is 8.76. The molecule has 1 aliphatic rings. The van der Waals surface area contributed by atoms with Gasteiger partial charge in [0.05, 0.1) is 12.1 Å². The van der Waals surface area contributed by atoms with Gasteiger partial charge in [-0.3, -0.25) is 9.59 Å². The largest absolute Gasteiger partial charge is 0.481 e. The molecular weight excluding hydrogens is 346 g/mol. The number of hydrogen-bond acceptors (Lipinski definition) is 6. The van der Waals surface area contributed by atoms with Gasteiger partial charge in [0.2, 0.25) is 5.91 Å². The molecule has 1 aromatic carbocycles. The van der Waals surface area contributed by atoms with Crippen LogP contribution in [0.2, 0.25) is 0 Å². The fraction of sp³-hybridized carbons (Fsp3) is 0.368.